The van der Waals surface area contributed by atoms with Gasteiger partial charge in [0, 0.05) is 6.61 Å². The first kappa shape index (κ1) is 19.4. The fourth-order valence-electron chi connectivity index (χ4n) is 2.24. The molecule has 1 heterocycles. The monoisotopic (exact) mass is 316 g/mol. The summed E-state index contributed by atoms with van der Waals surface area (Å²) in [6.45, 7) is 12.2. The quantitative estimate of drug-likeness (QED) is 0.787. The van der Waals surface area contributed by atoms with Crippen LogP contribution in [0.2, 0.25) is 0 Å². The molecule has 5 nitrogen and oxygen atoms in total. The van der Waals surface area contributed by atoms with Crippen molar-refractivity contribution in [3.63, 3.8) is 0 Å². The largest absolute Gasteiger partial charge is 0.493 e. The zero-order chi connectivity index (χ0) is 17.0. The van der Waals surface area contributed by atoms with Crippen molar-refractivity contribution in [1.82, 2.24) is 0 Å². The molecule has 130 valence electrons. The van der Waals surface area contributed by atoms with Crippen molar-refractivity contribution >= 4 is 0 Å². The second-order valence-electron chi connectivity index (χ2n) is 7.76. The minimum Gasteiger partial charge on any atom is -0.493 e. The van der Waals surface area contributed by atoms with Crippen LogP contribution in [0.25, 0.3) is 0 Å². The van der Waals surface area contributed by atoms with E-state index in [1.165, 1.54) is 0 Å². The lowest BCUT2D eigenvalue weighted by Crippen LogP contribution is -2.50. The molecule has 0 unspecified atom stereocenters. The van der Waals surface area contributed by atoms with E-state index in [1.807, 2.05) is 41.5 Å². The normalized spacial score (nSPS) is 26.5. The highest BCUT2D eigenvalue weighted by molar-refractivity contribution is 5.13. The summed E-state index contributed by atoms with van der Waals surface area (Å²) >= 11 is 0. The van der Waals surface area contributed by atoms with Crippen LogP contribution in [0.4, 0.5) is 0 Å². The molecule has 0 aromatic heterocycles. The van der Waals surface area contributed by atoms with Crippen molar-refractivity contribution in [3.05, 3.63) is 11.8 Å². The number of aliphatic hydroxyl groups excluding tert-OH is 2. The van der Waals surface area contributed by atoms with E-state index in [2.05, 4.69) is 0 Å². The molecule has 1 aliphatic rings. The summed E-state index contributed by atoms with van der Waals surface area (Å²) < 4.78 is 17.6. The molecule has 1 rings (SSSR count). The van der Waals surface area contributed by atoms with E-state index in [0.29, 0.717) is 19.4 Å². The van der Waals surface area contributed by atoms with Crippen molar-refractivity contribution in [3.8, 4) is 0 Å². The van der Waals surface area contributed by atoms with Crippen LogP contribution >= 0.6 is 0 Å². The lowest BCUT2D eigenvalue weighted by molar-refractivity contribution is -0.180. The van der Waals surface area contributed by atoms with Gasteiger partial charge in [0.25, 0.3) is 0 Å². The molecule has 1 aliphatic heterocycles. The maximum atomic E-state index is 10.6. The molecule has 0 bridgehead atoms. The summed E-state index contributed by atoms with van der Waals surface area (Å²) in [5.74, 6) is 0. The lowest BCUT2D eigenvalue weighted by Gasteiger charge is -2.39. The van der Waals surface area contributed by atoms with Crippen LogP contribution in [0, 0.1) is 0 Å². The number of aliphatic hydroxyl groups is 2. The highest BCUT2D eigenvalue weighted by atomic mass is 16.6. The molecule has 0 saturated heterocycles. The van der Waals surface area contributed by atoms with Crippen LogP contribution in [-0.4, -0.2) is 52.9 Å². The molecular weight excluding hydrogens is 284 g/mol. The number of rotatable bonds is 6. The van der Waals surface area contributed by atoms with E-state index in [4.69, 9.17) is 19.3 Å². The fraction of sp³-hybridized carbons (Fsp3) is 0.882. The van der Waals surface area contributed by atoms with Gasteiger partial charge in [0.05, 0.1) is 24.1 Å². The predicted octanol–water partition coefficient (Wildman–Crippen LogP) is 2.40. The summed E-state index contributed by atoms with van der Waals surface area (Å²) in [6, 6.07) is 0. The van der Waals surface area contributed by atoms with E-state index in [9.17, 15) is 5.11 Å². The Morgan fingerprint density at radius 2 is 1.77 bits per heavy atom. The molecule has 0 radical (unpaired) electrons. The standard InChI is InChI=1S/C17H32O5/c1-16(2,3)21-11-13-15(22-17(4,5)6)14(19)12(10-20-13)8-7-9-18/h10,13-15,18-19H,7-9,11H2,1-6H3/t13-,14-,15-/m1/s1. The molecule has 22 heavy (non-hydrogen) atoms. The SMILES string of the molecule is CC(C)(C)OC[C@H]1OC=C(CCCO)[C@@H](O)[C@@H]1OC(C)(C)C. The first-order chi connectivity index (χ1) is 10.0. The Hall–Kier alpha value is -0.620. The Bertz CT molecular complexity index is 364. The minimum atomic E-state index is -0.743. The zero-order valence-electron chi connectivity index (χ0n) is 14.8. The van der Waals surface area contributed by atoms with E-state index < -0.39 is 17.8 Å². The summed E-state index contributed by atoms with van der Waals surface area (Å²) in [6.07, 6.45) is 1.20. The molecule has 0 spiro atoms. The fourth-order valence-corrected chi connectivity index (χ4v) is 2.24. The van der Waals surface area contributed by atoms with E-state index in [1.54, 1.807) is 6.26 Å². The smallest absolute Gasteiger partial charge is 0.150 e. The topological polar surface area (TPSA) is 68.2 Å². The van der Waals surface area contributed by atoms with Gasteiger partial charge in [0.1, 0.15) is 18.3 Å². The molecule has 0 aliphatic carbocycles. The van der Waals surface area contributed by atoms with Crippen LogP contribution < -0.4 is 0 Å². The second kappa shape index (κ2) is 7.77. The van der Waals surface area contributed by atoms with Gasteiger partial charge in [-0.3, -0.25) is 0 Å². The van der Waals surface area contributed by atoms with Crippen molar-refractivity contribution in [2.75, 3.05) is 13.2 Å². The lowest BCUT2D eigenvalue weighted by atomic mass is 9.95. The predicted molar refractivity (Wildman–Crippen MR) is 85.6 cm³/mol. The highest BCUT2D eigenvalue weighted by Gasteiger charge is 2.39. The maximum absolute atomic E-state index is 10.6. The molecule has 3 atom stereocenters. The first-order valence-corrected chi connectivity index (χ1v) is 7.98. The molecule has 5 heteroatoms. The maximum Gasteiger partial charge on any atom is 0.150 e. The van der Waals surface area contributed by atoms with Gasteiger partial charge in [-0.05, 0) is 60.0 Å². The van der Waals surface area contributed by atoms with Gasteiger partial charge in [-0.2, -0.15) is 0 Å². The summed E-state index contributed by atoms with van der Waals surface area (Å²) in [5.41, 5.74) is 0.0888. The van der Waals surface area contributed by atoms with E-state index in [0.717, 1.165) is 5.57 Å². The van der Waals surface area contributed by atoms with Crippen LogP contribution in [0.5, 0.6) is 0 Å². The number of hydrogen-bond donors (Lipinski definition) is 2. The molecular formula is C17H32O5. The third kappa shape index (κ3) is 6.65. The van der Waals surface area contributed by atoms with Crippen molar-refractivity contribution in [1.29, 1.82) is 0 Å². The van der Waals surface area contributed by atoms with Gasteiger partial charge < -0.3 is 24.4 Å². The first-order valence-electron chi connectivity index (χ1n) is 7.98. The highest BCUT2D eigenvalue weighted by Crippen LogP contribution is 2.29. The Morgan fingerprint density at radius 1 is 1.14 bits per heavy atom. The Morgan fingerprint density at radius 3 is 2.27 bits per heavy atom. The summed E-state index contributed by atoms with van der Waals surface area (Å²) in [7, 11) is 0. The average molecular weight is 316 g/mol. The number of ether oxygens (including phenoxy) is 3. The minimum absolute atomic E-state index is 0.0887. The van der Waals surface area contributed by atoms with E-state index in [-0.39, 0.29) is 18.3 Å². The zero-order valence-corrected chi connectivity index (χ0v) is 14.8. The third-order valence-electron chi connectivity index (χ3n) is 3.25. The Balaban J connectivity index is 2.82. The molecule has 0 fully saturated rings. The van der Waals surface area contributed by atoms with Gasteiger partial charge >= 0.3 is 0 Å². The number of hydrogen-bond acceptors (Lipinski definition) is 5. The van der Waals surface area contributed by atoms with Gasteiger partial charge in [0.2, 0.25) is 0 Å². The Kier molecular flexibility index (Phi) is 6.86. The van der Waals surface area contributed by atoms with Crippen LogP contribution in [0.1, 0.15) is 54.4 Å². The van der Waals surface area contributed by atoms with Crippen LogP contribution in [0.3, 0.4) is 0 Å². The van der Waals surface area contributed by atoms with Crippen molar-refractivity contribution in [2.24, 2.45) is 0 Å². The van der Waals surface area contributed by atoms with Gasteiger partial charge in [-0.1, -0.05) is 0 Å². The molecule has 0 aromatic rings. The van der Waals surface area contributed by atoms with Crippen molar-refractivity contribution in [2.45, 2.75) is 83.9 Å². The van der Waals surface area contributed by atoms with Crippen LogP contribution in [0.15, 0.2) is 11.8 Å². The summed E-state index contributed by atoms with van der Waals surface area (Å²) in [4.78, 5) is 0. The Labute approximate surface area is 134 Å². The van der Waals surface area contributed by atoms with Gasteiger partial charge in [-0.15, -0.1) is 0 Å². The third-order valence-corrected chi connectivity index (χ3v) is 3.25. The molecule has 2 N–H and O–H groups in total. The second-order valence-corrected chi connectivity index (χ2v) is 7.76. The van der Waals surface area contributed by atoms with Gasteiger partial charge in [-0.25, -0.2) is 0 Å². The average Bonchev–Trinajstić information content (AvgIpc) is 2.36. The van der Waals surface area contributed by atoms with E-state index >= 15 is 0 Å². The summed E-state index contributed by atoms with van der Waals surface area (Å²) in [5, 5.41) is 19.6. The molecule has 0 amide bonds. The van der Waals surface area contributed by atoms with Crippen molar-refractivity contribution < 1.29 is 24.4 Å². The van der Waals surface area contributed by atoms with Gasteiger partial charge in [0.15, 0.2) is 0 Å². The van der Waals surface area contributed by atoms with Crippen LogP contribution in [-0.2, 0) is 14.2 Å². The molecule has 0 aromatic carbocycles. The molecule has 0 saturated carbocycles.